The molecule has 2 aliphatic heterocycles. The second-order valence-electron chi connectivity index (χ2n) is 12.1. The summed E-state index contributed by atoms with van der Waals surface area (Å²) in [6.45, 7) is 5.22. The van der Waals surface area contributed by atoms with E-state index in [-0.39, 0.29) is 31.8 Å². The number of methoxy groups -OCH3 is 1. The van der Waals surface area contributed by atoms with E-state index in [2.05, 4.69) is 28.1 Å². The average Bonchev–Trinajstić information content (AvgIpc) is 3.57. The predicted molar refractivity (Wildman–Crippen MR) is 159 cm³/mol. The Kier molecular flexibility index (Phi) is 10.6. The molecule has 0 aromatic heterocycles. The van der Waals surface area contributed by atoms with Gasteiger partial charge in [0.2, 0.25) is 12.7 Å². The van der Waals surface area contributed by atoms with Crippen molar-refractivity contribution >= 4 is 11.9 Å². The van der Waals surface area contributed by atoms with E-state index in [4.69, 9.17) is 18.9 Å². The van der Waals surface area contributed by atoms with E-state index in [1.165, 1.54) is 0 Å². The molecule has 10 nitrogen and oxygen atoms in total. The van der Waals surface area contributed by atoms with Crippen molar-refractivity contribution in [2.24, 2.45) is 5.92 Å². The number of quaternary nitrogens is 1. The number of carbonyl (C=O) groups is 2. The highest BCUT2D eigenvalue weighted by atomic mass is 16.7. The molecule has 2 aromatic carbocycles. The Morgan fingerprint density at radius 1 is 1.05 bits per heavy atom. The van der Waals surface area contributed by atoms with Crippen molar-refractivity contribution in [3.05, 3.63) is 48.0 Å². The molecule has 4 rings (SSSR count). The number of para-hydroxylation sites is 2. The summed E-state index contributed by atoms with van der Waals surface area (Å²) in [4.78, 5) is 30.6. The van der Waals surface area contributed by atoms with Crippen LogP contribution in [0.5, 0.6) is 23.0 Å². The zero-order valence-corrected chi connectivity index (χ0v) is 25.6. The number of carbonyl (C=O) groups excluding carboxylic acids is 1. The molecule has 0 radical (unpaired) electrons. The maximum atomic E-state index is 13.8. The number of likely N-dealkylation sites (tertiary alicyclic amines) is 1. The summed E-state index contributed by atoms with van der Waals surface area (Å²) in [5.74, 6) is 0.290. The Bertz CT molecular complexity index is 1210. The number of unbranched alkanes of at least 4 members (excludes halogenated alkanes) is 1. The molecule has 0 aliphatic carbocycles. The van der Waals surface area contributed by atoms with Gasteiger partial charge in [0.05, 0.1) is 53.3 Å². The number of ether oxygens (including phenoxy) is 4. The molecule has 2 aromatic rings. The van der Waals surface area contributed by atoms with Crippen LogP contribution in [-0.4, -0.2) is 112 Å². The first kappa shape index (κ1) is 31.4. The number of amides is 1. The quantitative estimate of drug-likeness (QED) is 0.317. The zero-order valence-electron chi connectivity index (χ0n) is 25.6. The van der Waals surface area contributed by atoms with E-state index >= 15 is 0 Å². The molecule has 0 bridgehead atoms. The van der Waals surface area contributed by atoms with Gasteiger partial charge in [0, 0.05) is 32.0 Å². The van der Waals surface area contributed by atoms with Gasteiger partial charge in [-0.3, -0.25) is 14.5 Å². The molecular weight excluding hydrogens is 538 g/mol. The van der Waals surface area contributed by atoms with Gasteiger partial charge in [-0.15, -0.1) is 0 Å². The molecule has 3 atom stereocenters. The molecular formula is C32H46N3O7+. The van der Waals surface area contributed by atoms with E-state index in [0.717, 1.165) is 35.9 Å². The predicted octanol–water partition coefficient (Wildman–Crippen LogP) is 3.70. The Hall–Kier alpha value is -3.50. The molecule has 1 amide bonds. The summed E-state index contributed by atoms with van der Waals surface area (Å²) in [5, 5.41) is 10.5. The number of benzene rings is 2. The highest BCUT2D eigenvalue weighted by Crippen LogP contribution is 2.42. The number of aliphatic carboxylic acids is 1. The lowest BCUT2D eigenvalue weighted by Crippen LogP contribution is -2.47. The number of fused-ring (bicyclic) bond motifs is 1. The SMILES string of the molecule is CCCCN(CCC[N+](C)(C)C)C(=O)CN1C[C@H](c2ccc3c(c2)OCO3)[C@@H](C(=O)O)[C@@H]1COc1ccccc1OC. The van der Waals surface area contributed by atoms with Crippen LogP contribution in [0.1, 0.15) is 37.7 Å². The van der Waals surface area contributed by atoms with Gasteiger partial charge >= 0.3 is 5.97 Å². The summed E-state index contributed by atoms with van der Waals surface area (Å²) in [6.07, 6.45) is 2.82. The van der Waals surface area contributed by atoms with Crippen LogP contribution in [0.2, 0.25) is 0 Å². The van der Waals surface area contributed by atoms with Crippen molar-refractivity contribution in [1.29, 1.82) is 0 Å². The van der Waals surface area contributed by atoms with Gasteiger partial charge in [0.1, 0.15) is 6.61 Å². The van der Waals surface area contributed by atoms with Crippen LogP contribution >= 0.6 is 0 Å². The van der Waals surface area contributed by atoms with Gasteiger partial charge in [-0.1, -0.05) is 31.5 Å². The Morgan fingerprint density at radius 3 is 2.45 bits per heavy atom. The first-order valence-electron chi connectivity index (χ1n) is 14.8. The smallest absolute Gasteiger partial charge is 0.308 e. The minimum absolute atomic E-state index is 0.0163. The number of nitrogens with zero attached hydrogens (tertiary/aromatic N) is 3. The molecule has 1 fully saturated rings. The number of hydrogen-bond acceptors (Lipinski definition) is 7. The Labute approximate surface area is 249 Å². The zero-order chi connectivity index (χ0) is 30.3. The molecule has 2 heterocycles. The van der Waals surface area contributed by atoms with Crippen molar-refractivity contribution in [2.45, 2.75) is 38.1 Å². The third kappa shape index (κ3) is 7.86. The van der Waals surface area contributed by atoms with Crippen molar-refractivity contribution in [3.63, 3.8) is 0 Å². The van der Waals surface area contributed by atoms with Gasteiger partial charge in [-0.25, -0.2) is 0 Å². The fourth-order valence-corrected chi connectivity index (χ4v) is 5.81. The summed E-state index contributed by atoms with van der Waals surface area (Å²) in [5.41, 5.74) is 0.842. The lowest BCUT2D eigenvalue weighted by Gasteiger charge is -2.30. The van der Waals surface area contributed by atoms with Gasteiger partial charge in [0.25, 0.3) is 0 Å². The fraction of sp³-hybridized carbons (Fsp3) is 0.562. The van der Waals surface area contributed by atoms with Gasteiger partial charge in [-0.2, -0.15) is 0 Å². The highest BCUT2D eigenvalue weighted by molar-refractivity contribution is 5.79. The first-order valence-corrected chi connectivity index (χ1v) is 14.8. The highest BCUT2D eigenvalue weighted by Gasteiger charge is 2.48. The summed E-state index contributed by atoms with van der Waals surface area (Å²) in [7, 11) is 8.02. The third-order valence-corrected chi connectivity index (χ3v) is 8.07. The normalized spacial score (nSPS) is 20.0. The second-order valence-corrected chi connectivity index (χ2v) is 12.1. The monoisotopic (exact) mass is 584 g/mol. The molecule has 0 unspecified atom stereocenters. The van der Waals surface area contributed by atoms with E-state index in [1.807, 2.05) is 40.1 Å². The van der Waals surface area contributed by atoms with Crippen molar-refractivity contribution < 1.29 is 38.1 Å². The molecule has 230 valence electrons. The molecule has 10 heteroatoms. The largest absolute Gasteiger partial charge is 0.493 e. The Balaban J connectivity index is 1.59. The minimum atomic E-state index is -0.924. The number of rotatable bonds is 15. The maximum absolute atomic E-state index is 13.8. The number of carboxylic acids is 1. The van der Waals surface area contributed by atoms with E-state index < -0.39 is 17.9 Å². The molecule has 42 heavy (non-hydrogen) atoms. The van der Waals surface area contributed by atoms with E-state index in [9.17, 15) is 14.7 Å². The van der Waals surface area contributed by atoms with E-state index in [1.54, 1.807) is 19.2 Å². The Morgan fingerprint density at radius 2 is 1.76 bits per heavy atom. The van der Waals surface area contributed by atoms with Crippen LogP contribution in [0.15, 0.2) is 42.5 Å². The van der Waals surface area contributed by atoms with Crippen LogP contribution in [0.3, 0.4) is 0 Å². The fourth-order valence-electron chi connectivity index (χ4n) is 5.81. The standard InChI is InChI=1S/C32H45N3O7/c1-6-7-15-33(16-10-17-35(2,3)4)30(36)20-34-19-24(23-13-14-28-29(18-23)42-22-41-28)31(32(37)38)25(34)21-40-27-12-9-8-11-26(27)39-5/h8-9,11-14,18,24-25,31H,6-7,10,15-17,19-22H2,1-5H3/p+1/t24-,25+,31-/m1/s1. The maximum Gasteiger partial charge on any atom is 0.308 e. The van der Waals surface area contributed by atoms with Crippen molar-refractivity contribution in [2.75, 3.05) is 74.4 Å². The minimum Gasteiger partial charge on any atom is -0.493 e. The molecule has 1 saturated heterocycles. The number of hydrogen-bond donors (Lipinski definition) is 1. The third-order valence-electron chi connectivity index (χ3n) is 8.07. The van der Waals surface area contributed by atoms with Crippen LogP contribution in [0, 0.1) is 5.92 Å². The van der Waals surface area contributed by atoms with Crippen molar-refractivity contribution in [3.8, 4) is 23.0 Å². The molecule has 2 aliphatic rings. The van der Waals surface area contributed by atoms with Crippen LogP contribution in [0.25, 0.3) is 0 Å². The van der Waals surface area contributed by atoms with Gasteiger partial charge in [-0.05, 0) is 36.2 Å². The van der Waals surface area contributed by atoms with E-state index in [0.29, 0.717) is 42.6 Å². The van der Waals surface area contributed by atoms with Gasteiger partial charge < -0.3 is 33.4 Å². The lowest BCUT2D eigenvalue weighted by molar-refractivity contribution is -0.870. The topological polar surface area (TPSA) is 97.8 Å². The number of carboxylic acid groups (broad SMARTS) is 1. The molecule has 0 spiro atoms. The summed E-state index contributed by atoms with van der Waals surface area (Å²) >= 11 is 0. The van der Waals surface area contributed by atoms with Gasteiger partial charge in [0.15, 0.2) is 23.0 Å². The molecule has 0 saturated carbocycles. The lowest BCUT2D eigenvalue weighted by atomic mass is 9.85. The summed E-state index contributed by atoms with van der Waals surface area (Å²) in [6, 6.07) is 12.4. The van der Waals surface area contributed by atoms with Crippen LogP contribution in [0.4, 0.5) is 0 Å². The van der Waals surface area contributed by atoms with Crippen LogP contribution < -0.4 is 18.9 Å². The first-order chi connectivity index (χ1) is 20.1. The summed E-state index contributed by atoms with van der Waals surface area (Å²) < 4.78 is 23.5. The average molecular weight is 585 g/mol. The molecule has 1 N–H and O–H groups in total. The second kappa shape index (κ2) is 14.1. The van der Waals surface area contributed by atoms with Crippen molar-refractivity contribution in [1.82, 2.24) is 9.80 Å². The van der Waals surface area contributed by atoms with Crippen LogP contribution in [-0.2, 0) is 9.59 Å².